The van der Waals surface area contributed by atoms with Gasteiger partial charge in [0.15, 0.2) is 11.5 Å². The van der Waals surface area contributed by atoms with E-state index >= 15 is 0 Å². The lowest BCUT2D eigenvalue weighted by Crippen LogP contribution is -2.30. The van der Waals surface area contributed by atoms with Crippen LogP contribution in [0.1, 0.15) is 62.5 Å². The standard InChI is InChI=1S/C28H36N2O4/c31-27(20-21-6-3-7-21)29-16-14-22-8-4-12-25(18-22)33-34-26-13-5-9-23(19-26)15-17-30-28(32)24-10-1-2-11-24/h4-5,8-9,12-13,18-19,21,24H,1-3,6-7,10-11,14-17,20H2,(H,29,31)(H,30,32). The van der Waals surface area contributed by atoms with E-state index < -0.39 is 0 Å². The van der Waals surface area contributed by atoms with Crippen LogP contribution in [0.3, 0.4) is 0 Å². The Labute approximate surface area is 202 Å². The minimum Gasteiger partial charge on any atom is -0.356 e. The molecular formula is C28H36N2O4. The summed E-state index contributed by atoms with van der Waals surface area (Å²) >= 11 is 0. The zero-order valence-corrected chi connectivity index (χ0v) is 19.9. The molecule has 0 spiro atoms. The average molecular weight is 465 g/mol. The van der Waals surface area contributed by atoms with Gasteiger partial charge >= 0.3 is 0 Å². The predicted molar refractivity (Wildman–Crippen MR) is 131 cm³/mol. The van der Waals surface area contributed by atoms with E-state index in [4.69, 9.17) is 9.78 Å². The summed E-state index contributed by atoms with van der Waals surface area (Å²) in [6.07, 6.45) is 10.1. The molecule has 182 valence electrons. The second-order valence-electron chi connectivity index (χ2n) is 9.58. The van der Waals surface area contributed by atoms with Crippen LogP contribution in [0.4, 0.5) is 0 Å². The van der Waals surface area contributed by atoms with Gasteiger partial charge in [0.25, 0.3) is 0 Å². The summed E-state index contributed by atoms with van der Waals surface area (Å²) in [6, 6.07) is 15.5. The summed E-state index contributed by atoms with van der Waals surface area (Å²) < 4.78 is 0. The Kier molecular flexibility index (Phi) is 8.83. The van der Waals surface area contributed by atoms with Crippen molar-refractivity contribution in [3.63, 3.8) is 0 Å². The molecule has 6 heteroatoms. The van der Waals surface area contributed by atoms with Crippen molar-refractivity contribution in [1.29, 1.82) is 0 Å². The largest absolute Gasteiger partial charge is 0.356 e. The number of amides is 2. The zero-order valence-electron chi connectivity index (χ0n) is 19.9. The maximum absolute atomic E-state index is 12.2. The van der Waals surface area contributed by atoms with Gasteiger partial charge in [-0.05, 0) is 79.8 Å². The van der Waals surface area contributed by atoms with Crippen molar-refractivity contribution in [3.8, 4) is 11.5 Å². The Morgan fingerprint density at radius 1 is 0.765 bits per heavy atom. The van der Waals surface area contributed by atoms with Crippen molar-refractivity contribution in [2.75, 3.05) is 13.1 Å². The average Bonchev–Trinajstić information content (AvgIpc) is 3.36. The molecule has 2 aromatic rings. The van der Waals surface area contributed by atoms with Gasteiger partial charge in [-0.25, -0.2) is 0 Å². The van der Waals surface area contributed by atoms with Crippen LogP contribution in [0.15, 0.2) is 48.5 Å². The smallest absolute Gasteiger partial charge is 0.223 e. The molecule has 2 aliphatic carbocycles. The number of hydrogen-bond acceptors (Lipinski definition) is 4. The minimum atomic E-state index is 0.151. The topological polar surface area (TPSA) is 76.7 Å². The quantitative estimate of drug-likeness (QED) is 0.351. The van der Waals surface area contributed by atoms with E-state index in [2.05, 4.69) is 10.6 Å². The number of nitrogens with one attached hydrogen (secondary N) is 2. The van der Waals surface area contributed by atoms with Crippen molar-refractivity contribution in [2.24, 2.45) is 11.8 Å². The normalized spacial score (nSPS) is 16.0. The van der Waals surface area contributed by atoms with Crippen LogP contribution < -0.4 is 20.4 Å². The molecule has 0 heterocycles. The molecule has 2 amide bonds. The predicted octanol–water partition coefficient (Wildman–Crippen LogP) is 4.76. The van der Waals surface area contributed by atoms with Crippen LogP contribution in [0, 0.1) is 11.8 Å². The van der Waals surface area contributed by atoms with Gasteiger partial charge in [0.2, 0.25) is 11.8 Å². The Balaban J connectivity index is 1.18. The lowest BCUT2D eigenvalue weighted by molar-refractivity contribution is -0.125. The third kappa shape index (κ3) is 7.51. The Morgan fingerprint density at radius 3 is 1.91 bits per heavy atom. The Bertz CT molecular complexity index is 951. The Morgan fingerprint density at radius 2 is 1.35 bits per heavy atom. The first kappa shape index (κ1) is 24.1. The number of carbonyl (C=O) groups is 2. The molecule has 0 atom stereocenters. The highest BCUT2D eigenvalue weighted by molar-refractivity contribution is 5.78. The molecule has 0 radical (unpaired) electrons. The highest BCUT2D eigenvalue weighted by Crippen LogP contribution is 2.29. The van der Waals surface area contributed by atoms with Gasteiger partial charge in [0, 0.05) is 25.4 Å². The fourth-order valence-electron chi connectivity index (χ4n) is 4.64. The van der Waals surface area contributed by atoms with Crippen molar-refractivity contribution in [3.05, 3.63) is 59.7 Å². The monoisotopic (exact) mass is 464 g/mol. The third-order valence-electron chi connectivity index (χ3n) is 6.90. The van der Waals surface area contributed by atoms with Crippen molar-refractivity contribution >= 4 is 11.8 Å². The molecule has 0 bridgehead atoms. The van der Waals surface area contributed by atoms with E-state index in [0.717, 1.165) is 49.7 Å². The Hall–Kier alpha value is -3.02. The van der Waals surface area contributed by atoms with E-state index in [1.54, 1.807) is 0 Å². The number of carbonyl (C=O) groups excluding carboxylic acids is 2. The van der Waals surface area contributed by atoms with Gasteiger partial charge in [0.05, 0.1) is 0 Å². The van der Waals surface area contributed by atoms with Crippen LogP contribution in [-0.4, -0.2) is 24.9 Å². The van der Waals surface area contributed by atoms with Crippen LogP contribution in [0.2, 0.25) is 0 Å². The number of hydrogen-bond donors (Lipinski definition) is 2. The van der Waals surface area contributed by atoms with E-state index in [-0.39, 0.29) is 17.7 Å². The number of rotatable bonds is 12. The highest BCUT2D eigenvalue weighted by atomic mass is 17.2. The molecule has 2 aromatic carbocycles. The maximum atomic E-state index is 12.2. The zero-order chi connectivity index (χ0) is 23.6. The fraction of sp³-hybridized carbons (Fsp3) is 0.500. The number of benzene rings is 2. The van der Waals surface area contributed by atoms with E-state index in [9.17, 15) is 9.59 Å². The van der Waals surface area contributed by atoms with E-state index in [1.165, 1.54) is 19.3 Å². The first-order chi connectivity index (χ1) is 16.7. The van der Waals surface area contributed by atoms with Gasteiger partial charge in [-0.2, -0.15) is 0 Å². The molecule has 0 aliphatic heterocycles. The van der Waals surface area contributed by atoms with Crippen LogP contribution in [0.25, 0.3) is 0 Å². The van der Waals surface area contributed by atoms with Crippen molar-refractivity contribution < 1.29 is 19.4 Å². The lowest BCUT2D eigenvalue weighted by atomic mass is 9.83. The second kappa shape index (κ2) is 12.4. The summed E-state index contributed by atoms with van der Waals surface area (Å²) in [5, 5.41) is 6.07. The molecule has 2 fully saturated rings. The van der Waals surface area contributed by atoms with Crippen molar-refractivity contribution in [2.45, 2.75) is 64.2 Å². The van der Waals surface area contributed by atoms with Gasteiger partial charge in [-0.1, -0.05) is 43.5 Å². The molecule has 0 unspecified atom stereocenters. The van der Waals surface area contributed by atoms with E-state index in [1.807, 2.05) is 48.5 Å². The van der Waals surface area contributed by atoms with Gasteiger partial charge in [0.1, 0.15) is 0 Å². The summed E-state index contributed by atoms with van der Waals surface area (Å²) in [6.45, 7) is 1.24. The molecule has 2 saturated carbocycles. The van der Waals surface area contributed by atoms with Crippen molar-refractivity contribution in [1.82, 2.24) is 10.6 Å². The molecule has 2 N–H and O–H groups in total. The first-order valence-corrected chi connectivity index (χ1v) is 12.7. The molecule has 0 saturated heterocycles. The highest BCUT2D eigenvalue weighted by Gasteiger charge is 2.22. The van der Waals surface area contributed by atoms with Gasteiger partial charge < -0.3 is 10.6 Å². The summed E-state index contributed by atoms with van der Waals surface area (Å²) in [5.74, 6) is 2.36. The van der Waals surface area contributed by atoms with E-state index in [0.29, 0.717) is 36.9 Å². The SMILES string of the molecule is O=C(CC1CCC1)NCCc1cccc(OOc2cccc(CCNC(=O)C3CCCC3)c2)c1. The molecule has 4 rings (SSSR count). The summed E-state index contributed by atoms with van der Waals surface area (Å²) in [5.41, 5.74) is 2.16. The molecular weight excluding hydrogens is 428 g/mol. The molecule has 34 heavy (non-hydrogen) atoms. The molecule has 6 nitrogen and oxygen atoms in total. The summed E-state index contributed by atoms with van der Waals surface area (Å²) in [7, 11) is 0. The molecule has 0 aromatic heterocycles. The van der Waals surface area contributed by atoms with Gasteiger partial charge in [-0.3, -0.25) is 19.4 Å². The van der Waals surface area contributed by atoms with Crippen LogP contribution in [0.5, 0.6) is 11.5 Å². The first-order valence-electron chi connectivity index (χ1n) is 12.7. The third-order valence-corrected chi connectivity index (χ3v) is 6.90. The van der Waals surface area contributed by atoms with Crippen LogP contribution >= 0.6 is 0 Å². The lowest BCUT2D eigenvalue weighted by Gasteiger charge is -2.24. The maximum Gasteiger partial charge on any atom is 0.223 e. The molecule has 2 aliphatic rings. The van der Waals surface area contributed by atoms with Gasteiger partial charge in [-0.15, -0.1) is 0 Å². The van der Waals surface area contributed by atoms with Crippen LogP contribution in [-0.2, 0) is 22.4 Å². The second-order valence-corrected chi connectivity index (χ2v) is 9.58. The fourth-order valence-corrected chi connectivity index (χ4v) is 4.64. The summed E-state index contributed by atoms with van der Waals surface area (Å²) in [4.78, 5) is 35.2. The minimum absolute atomic E-state index is 0.151.